The second kappa shape index (κ2) is 13.1. The van der Waals surface area contributed by atoms with Gasteiger partial charge in [0, 0.05) is 6.04 Å². The van der Waals surface area contributed by atoms with E-state index in [2.05, 4.69) is 21.3 Å². The number of alkyl carbamates (subject to hydrolysis) is 1. The van der Waals surface area contributed by atoms with Gasteiger partial charge in [-0.25, -0.2) is 4.79 Å². The quantitative estimate of drug-likeness (QED) is 0.325. The predicted molar refractivity (Wildman–Crippen MR) is 149 cm³/mol. The minimum atomic E-state index is -1.38. The van der Waals surface area contributed by atoms with Crippen LogP contribution in [0.3, 0.4) is 0 Å². The molecular formula is C29H48N4O5. The Balaban J connectivity index is 3.16. The summed E-state index contributed by atoms with van der Waals surface area (Å²) in [6.07, 6.45) is -0.742. The van der Waals surface area contributed by atoms with Crippen LogP contribution in [-0.2, 0) is 25.7 Å². The van der Waals surface area contributed by atoms with E-state index >= 15 is 0 Å². The number of hydrogen-bond acceptors (Lipinski definition) is 5. The first-order chi connectivity index (χ1) is 17.4. The summed E-state index contributed by atoms with van der Waals surface area (Å²) in [6, 6.07) is 9.12. The molecule has 4 N–H and O–H groups in total. The number of rotatable bonds is 12. The maximum atomic E-state index is 13.7. The molecule has 1 aromatic carbocycles. The highest BCUT2D eigenvalue weighted by molar-refractivity contribution is 5.99. The summed E-state index contributed by atoms with van der Waals surface area (Å²) in [6.45, 7) is 19.6. The van der Waals surface area contributed by atoms with Gasteiger partial charge in [0.15, 0.2) is 0 Å². The highest BCUT2D eigenvalue weighted by Crippen LogP contribution is 2.25. The van der Waals surface area contributed by atoms with Crippen LogP contribution in [-0.4, -0.2) is 46.5 Å². The van der Waals surface area contributed by atoms with E-state index < -0.39 is 34.5 Å². The van der Waals surface area contributed by atoms with Crippen molar-refractivity contribution in [1.29, 1.82) is 0 Å². The number of benzene rings is 1. The van der Waals surface area contributed by atoms with Crippen molar-refractivity contribution in [3.05, 3.63) is 35.9 Å². The second-order valence-electron chi connectivity index (χ2n) is 11.8. The molecule has 0 spiro atoms. The lowest BCUT2D eigenvalue weighted by molar-refractivity contribution is -0.142. The van der Waals surface area contributed by atoms with Gasteiger partial charge in [0.1, 0.15) is 23.2 Å². The third-order valence-corrected chi connectivity index (χ3v) is 7.62. The molecule has 0 aliphatic rings. The molecule has 4 amide bonds. The molecule has 9 nitrogen and oxygen atoms in total. The molecule has 214 valence electrons. The molecule has 38 heavy (non-hydrogen) atoms. The number of nitrogens with one attached hydrogen (secondary N) is 4. The Morgan fingerprint density at radius 1 is 0.658 bits per heavy atom. The van der Waals surface area contributed by atoms with Crippen LogP contribution in [0.1, 0.15) is 81.7 Å². The summed E-state index contributed by atoms with van der Waals surface area (Å²) < 4.78 is 5.35. The first-order valence-electron chi connectivity index (χ1n) is 13.3. The number of amides is 4. The summed E-state index contributed by atoms with van der Waals surface area (Å²) in [7, 11) is 0. The lowest BCUT2D eigenvalue weighted by Crippen LogP contribution is -2.71. The minimum Gasteiger partial charge on any atom is -0.445 e. The summed E-state index contributed by atoms with van der Waals surface area (Å²) in [5.74, 6) is -2.22. The largest absolute Gasteiger partial charge is 0.445 e. The Labute approximate surface area is 228 Å². The van der Waals surface area contributed by atoms with E-state index in [0.29, 0.717) is 0 Å². The van der Waals surface area contributed by atoms with Crippen molar-refractivity contribution in [1.82, 2.24) is 21.3 Å². The molecule has 0 heterocycles. The third kappa shape index (κ3) is 7.95. The number of carbonyl (C=O) groups excluding carboxylic acids is 4. The van der Waals surface area contributed by atoms with Gasteiger partial charge in [-0.1, -0.05) is 71.9 Å². The van der Waals surface area contributed by atoms with Gasteiger partial charge in [0.2, 0.25) is 17.7 Å². The van der Waals surface area contributed by atoms with Crippen molar-refractivity contribution >= 4 is 23.8 Å². The molecule has 0 aromatic heterocycles. The zero-order valence-corrected chi connectivity index (χ0v) is 24.9. The van der Waals surface area contributed by atoms with Gasteiger partial charge in [-0.2, -0.15) is 0 Å². The fourth-order valence-electron chi connectivity index (χ4n) is 3.50. The molecule has 1 aromatic rings. The van der Waals surface area contributed by atoms with Crippen LogP contribution in [0.5, 0.6) is 0 Å². The van der Waals surface area contributed by atoms with Crippen molar-refractivity contribution in [3.8, 4) is 0 Å². The molecule has 3 atom stereocenters. The average molecular weight is 533 g/mol. The van der Waals surface area contributed by atoms with E-state index in [0.717, 1.165) is 5.56 Å². The maximum Gasteiger partial charge on any atom is 0.408 e. The molecule has 0 saturated heterocycles. The average Bonchev–Trinajstić information content (AvgIpc) is 2.82. The van der Waals surface area contributed by atoms with Crippen LogP contribution >= 0.6 is 0 Å². The first kappa shape index (κ1) is 32.9. The van der Waals surface area contributed by atoms with Crippen molar-refractivity contribution in [2.24, 2.45) is 17.8 Å². The number of ether oxygens (including phenoxy) is 1. The summed E-state index contributed by atoms with van der Waals surface area (Å²) in [5, 5.41) is 11.4. The van der Waals surface area contributed by atoms with Crippen molar-refractivity contribution in [2.75, 3.05) is 0 Å². The van der Waals surface area contributed by atoms with E-state index in [1.54, 1.807) is 34.6 Å². The van der Waals surface area contributed by atoms with E-state index in [-0.39, 0.29) is 36.3 Å². The number of carbonyl (C=O) groups is 4. The van der Waals surface area contributed by atoms with Crippen molar-refractivity contribution in [2.45, 2.75) is 105 Å². The summed E-state index contributed by atoms with van der Waals surface area (Å²) in [5.41, 5.74) is -3.14. The van der Waals surface area contributed by atoms with Gasteiger partial charge in [-0.05, 0) is 57.9 Å². The molecule has 0 aliphatic heterocycles. The SMILES string of the molecule is CC(C)NC(=O)[C@](C)(NC(=O)[C@@](C)(NC(=O)[C@](C)(NC(=O)OCc1ccccc1)C(C)C)C(C)C)C(C)C. The maximum absolute atomic E-state index is 13.7. The van der Waals surface area contributed by atoms with Crippen LogP contribution in [0.2, 0.25) is 0 Å². The van der Waals surface area contributed by atoms with Crippen molar-refractivity contribution in [3.63, 3.8) is 0 Å². The van der Waals surface area contributed by atoms with Crippen LogP contribution in [0.4, 0.5) is 4.79 Å². The van der Waals surface area contributed by atoms with Gasteiger partial charge < -0.3 is 26.0 Å². The molecule has 0 fully saturated rings. The van der Waals surface area contributed by atoms with Gasteiger partial charge in [0.25, 0.3) is 0 Å². The van der Waals surface area contributed by atoms with E-state index in [4.69, 9.17) is 4.74 Å². The Hall–Kier alpha value is -3.10. The molecule has 0 saturated carbocycles. The first-order valence-corrected chi connectivity index (χ1v) is 13.3. The Bertz CT molecular complexity index is 978. The monoisotopic (exact) mass is 532 g/mol. The predicted octanol–water partition coefficient (Wildman–Crippen LogP) is 3.91. The Kier molecular flexibility index (Phi) is 11.4. The highest BCUT2D eigenvalue weighted by Gasteiger charge is 2.48. The summed E-state index contributed by atoms with van der Waals surface area (Å²) >= 11 is 0. The second-order valence-corrected chi connectivity index (χ2v) is 11.8. The Morgan fingerprint density at radius 3 is 1.45 bits per heavy atom. The topological polar surface area (TPSA) is 126 Å². The van der Waals surface area contributed by atoms with Crippen LogP contribution in [0.25, 0.3) is 0 Å². The molecule has 0 aliphatic carbocycles. The van der Waals surface area contributed by atoms with Gasteiger partial charge in [-0.15, -0.1) is 0 Å². The zero-order chi connectivity index (χ0) is 29.5. The third-order valence-electron chi connectivity index (χ3n) is 7.62. The number of hydrogen-bond donors (Lipinski definition) is 4. The molecule has 9 heteroatoms. The van der Waals surface area contributed by atoms with Crippen molar-refractivity contribution < 1.29 is 23.9 Å². The zero-order valence-electron chi connectivity index (χ0n) is 24.9. The highest BCUT2D eigenvalue weighted by atomic mass is 16.5. The lowest BCUT2D eigenvalue weighted by Gasteiger charge is -2.42. The normalized spacial score (nSPS) is 16.3. The van der Waals surface area contributed by atoms with E-state index in [1.165, 1.54) is 0 Å². The van der Waals surface area contributed by atoms with Gasteiger partial charge >= 0.3 is 6.09 Å². The molecule has 1 rings (SSSR count). The fourth-order valence-corrected chi connectivity index (χ4v) is 3.50. The van der Waals surface area contributed by atoms with Crippen LogP contribution in [0, 0.1) is 17.8 Å². The Morgan fingerprint density at radius 2 is 1.05 bits per heavy atom. The molecule has 0 radical (unpaired) electrons. The molecule has 0 bridgehead atoms. The smallest absolute Gasteiger partial charge is 0.408 e. The lowest BCUT2D eigenvalue weighted by atomic mass is 9.81. The van der Waals surface area contributed by atoms with Gasteiger partial charge in [0.05, 0.1) is 0 Å². The molecule has 0 unspecified atom stereocenters. The molecular weight excluding hydrogens is 484 g/mol. The van der Waals surface area contributed by atoms with E-state index in [9.17, 15) is 19.2 Å². The fraction of sp³-hybridized carbons (Fsp3) is 0.655. The van der Waals surface area contributed by atoms with Gasteiger partial charge in [-0.3, -0.25) is 14.4 Å². The van der Waals surface area contributed by atoms with Crippen LogP contribution in [0.15, 0.2) is 30.3 Å². The minimum absolute atomic E-state index is 0.0564. The standard InChI is InChI=1S/C29H48N4O5/c1-18(2)27(9,23(34)30-21(7)8)31-24(35)28(10,19(3)4)32-25(36)29(11,20(5)6)33-26(37)38-17-22-15-13-12-14-16-22/h12-16,18-21H,17H2,1-11H3,(H,30,34)(H,31,35)(H,32,36)(H,33,37)/t27-,28+,29-/m1/s1. The van der Waals surface area contributed by atoms with Crippen LogP contribution < -0.4 is 21.3 Å². The van der Waals surface area contributed by atoms with E-state index in [1.807, 2.05) is 71.9 Å². The summed E-state index contributed by atoms with van der Waals surface area (Å²) in [4.78, 5) is 53.1.